The molecule has 3 aromatic rings. The molecule has 0 radical (unpaired) electrons. The normalized spacial score (nSPS) is 24.3. The molecule has 1 saturated heterocycles. The molecule has 1 fully saturated rings. The summed E-state index contributed by atoms with van der Waals surface area (Å²) >= 11 is 0. The van der Waals surface area contributed by atoms with Crippen molar-refractivity contribution in [2.45, 2.75) is 24.5 Å². The van der Waals surface area contributed by atoms with Gasteiger partial charge >= 0.3 is 0 Å². The summed E-state index contributed by atoms with van der Waals surface area (Å²) in [6, 6.07) is 8.42. The van der Waals surface area contributed by atoms with E-state index in [2.05, 4.69) is 14.7 Å². The van der Waals surface area contributed by atoms with Gasteiger partial charge in [0.1, 0.15) is 23.8 Å². The summed E-state index contributed by atoms with van der Waals surface area (Å²) < 4.78 is 34.1. The van der Waals surface area contributed by atoms with Gasteiger partial charge in [0.05, 0.1) is 12.0 Å². The van der Waals surface area contributed by atoms with Crippen LogP contribution in [0, 0.1) is 0 Å². The largest absolute Gasteiger partial charge is 0.398 e. The molecule has 4 atom stereocenters. The topological polar surface area (TPSA) is 179 Å². The molecule has 7 N–H and O–H groups in total. The van der Waals surface area contributed by atoms with Gasteiger partial charge in [0, 0.05) is 23.8 Å². The summed E-state index contributed by atoms with van der Waals surface area (Å²) in [7, 11) is -3.84. The molecule has 3 heterocycles. The summed E-state index contributed by atoms with van der Waals surface area (Å²) in [5.41, 5.74) is 13.9. The minimum absolute atomic E-state index is 0.256. The fraction of sp³-hybridized carbons (Fsp3) is 0.263. The van der Waals surface area contributed by atoms with E-state index in [1.807, 2.05) is 0 Å². The van der Waals surface area contributed by atoms with E-state index in [1.54, 1.807) is 30.3 Å². The van der Waals surface area contributed by atoms with Crippen LogP contribution >= 0.6 is 0 Å². The average Bonchev–Trinajstić information content (AvgIpc) is 3.29. The SMILES string of the molecule is Nc1ccccc1/C=C/S(=O)(=O)NC[C@H]1O[C@@H](n2cnc3c(N)ccnc32)[C@H](O)[C@@H]1O. The van der Waals surface area contributed by atoms with Crippen LogP contribution < -0.4 is 16.2 Å². The minimum Gasteiger partial charge on any atom is -0.398 e. The first-order valence-electron chi connectivity index (χ1n) is 9.38. The second-order valence-electron chi connectivity index (χ2n) is 7.10. The van der Waals surface area contributed by atoms with E-state index in [9.17, 15) is 18.6 Å². The van der Waals surface area contributed by atoms with Crippen molar-refractivity contribution in [3.63, 3.8) is 0 Å². The van der Waals surface area contributed by atoms with Crippen LogP contribution in [-0.2, 0) is 14.8 Å². The number of anilines is 2. The molecule has 0 aliphatic carbocycles. The van der Waals surface area contributed by atoms with Crippen molar-refractivity contribution in [3.05, 3.63) is 53.8 Å². The molecule has 31 heavy (non-hydrogen) atoms. The Morgan fingerprint density at radius 3 is 2.68 bits per heavy atom. The molecule has 0 bridgehead atoms. The summed E-state index contributed by atoms with van der Waals surface area (Å²) in [6.07, 6.45) is -0.407. The molecular weight excluding hydrogens is 424 g/mol. The molecule has 1 aliphatic heterocycles. The Morgan fingerprint density at radius 2 is 1.90 bits per heavy atom. The second kappa shape index (κ2) is 8.24. The van der Waals surface area contributed by atoms with Gasteiger partial charge in [0.15, 0.2) is 11.9 Å². The highest BCUT2D eigenvalue weighted by Crippen LogP contribution is 2.32. The van der Waals surface area contributed by atoms with Crippen LogP contribution in [0.2, 0.25) is 0 Å². The lowest BCUT2D eigenvalue weighted by molar-refractivity contribution is -0.0329. The second-order valence-corrected chi connectivity index (χ2v) is 8.75. The van der Waals surface area contributed by atoms with Crippen molar-refractivity contribution in [1.82, 2.24) is 19.3 Å². The molecule has 12 heteroatoms. The number of aliphatic hydroxyl groups excluding tert-OH is 2. The Hall–Kier alpha value is -3.03. The highest BCUT2D eigenvalue weighted by molar-refractivity contribution is 7.92. The number of ether oxygens (including phenoxy) is 1. The summed E-state index contributed by atoms with van der Waals surface area (Å²) in [6.45, 7) is -0.256. The Balaban J connectivity index is 1.46. The van der Waals surface area contributed by atoms with Crippen LogP contribution in [0.1, 0.15) is 11.8 Å². The van der Waals surface area contributed by atoms with E-state index in [-0.39, 0.29) is 6.54 Å². The van der Waals surface area contributed by atoms with Crippen LogP contribution in [-0.4, -0.2) is 58.0 Å². The van der Waals surface area contributed by atoms with Crippen molar-refractivity contribution in [1.29, 1.82) is 0 Å². The maximum atomic E-state index is 12.3. The first-order valence-corrected chi connectivity index (χ1v) is 10.9. The van der Waals surface area contributed by atoms with Gasteiger partial charge in [-0.3, -0.25) is 4.57 Å². The molecule has 1 aromatic carbocycles. The van der Waals surface area contributed by atoms with Gasteiger partial charge in [-0.2, -0.15) is 0 Å². The third-order valence-electron chi connectivity index (χ3n) is 5.01. The fourth-order valence-electron chi connectivity index (χ4n) is 3.34. The lowest BCUT2D eigenvalue weighted by Crippen LogP contribution is -2.39. The Bertz CT molecular complexity index is 1230. The number of pyridine rings is 1. The molecule has 0 amide bonds. The molecular formula is C19H22N6O5S. The van der Waals surface area contributed by atoms with E-state index >= 15 is 0 Å². The molecule has 4 rings (SSSR count). The summed E-state index contributed by atoms with van der Waals surface area (Å²) in [4.78, 5) is 8.36. The van der Waals surface area contributed by atoms with Crippen LogP contribution in [0.25, 0.3) is 17.2 Å². The van der Waals surface area contributed by atoms with Crippen molar-refractivity contribution in [2.24, 2.45) is 0 Å². The molecule has 0 spiro atoms. The number of hydrogen-bond acceptors (Lipinski definition) is 9. The van der Waals surface area contributed by atoms with Gasteiger partial charge in [-0.25, -0.2) is 23.1 Å². The fourth-order valence-corrected chi connectivity index (χ4v) is 4.16. The lowest BCUT2D eigenvalue weighted by Gasteiger charge is -2.16. The van der Waals surface area contributed by atoms with E-state index in [0.717, 1.165) is 5.41 Å². The van der Waals surface area contributed by atoms with E-state index in [0.29, 0.717) is 28.1 Å². The van der Waals surface area contributed by atoms with Gasteiger partial charge in [0.25, 0.3) is 0 Å². The highest BCUT2D eigenvalue weighted by Gasteiger charge is 2.44. The number of aliphatic hydroxyl groups is 2. The maximum Gasteiger partial charge on any atom is 0.233 e. The number of benzene rings is 1. The lowest BCUT2D eigenvalue weighted by atomic mass is 10.1. The number of nitrogens with two attached hydrogens (primary N) is 2. The number of nitrogens with zero attached hydrogens (tertiary/aromatic N) is 3. The van der Waals surface area contributed by atoms with E-state index < -0.39 is 34.6 Å². The number of fused-ring (bicyclic) bond motifs is 1. The van der Waals surface area contributed by atoms with Crippen LogP contribution in [0.3, 0.4) is 0 Å². The Morgan fingerprint density at radius 1 is 1.13 bits per heavy atom. The summed E-state index contributed by atoms with van der Waals surface area (Å²) in [5.74, 6) is 0. The number of nitrogen functional groups attached to an aromatic ring is 2. The third kappa shape index (κ3) is 4.24. The van der Waals surface area contributed by atoms with Crippen LogP contribution in [0.15, 0.2) is 48.3 Å². The summed E-state index contributed by atoms with van der Waals surface area (Å²) in [5, 5.41) is 21.8. The molecule has 1 aliphatic rings. The smallest absolute Gasteiger partial charge is 0.233 e. The average molecular weight is 446 g/mol. The van der Waals surface area contributed by atoms with Gasteiger partial charge in [-0.1, -0.05) is 18.2 Å². The first kappa shape index (κ1) is 21.2. The van der Waals surface area contributed by atoms with Crippen molar-refractivity contribution < 1.29 is 23.4 Å². The first-order chi connectivity index (χ1) is 14.8. The minimum atomic E-state index is -3.84. The Kier molecular flexibility index (Phi) is 5.64. The van der Waals surface area contributed by atoms with Gasteiger partial charge in [0.2, 0.25) is 10.0 Å². The quantitative estimate of drug-likeness (QED) is 0.321. The van der Waals surface area contributed by atoms with Crippen molar-refractivity contribution in [3.8, 4) is 0 Å². The molecule has 164 valence electrons. The standard InChI is InChI=1S/C19H22N6O5S/c20-12-4-2-1-3-11(12)6-8-31(28,29)24-9-14-16(26)17(27)19(30-14)25-10-23-15-13(21)5-7-22-18(15)25/h1-8,10,14,16-17,19,24,26-27H,9,20H2,(H2,21,22)/b8-6+/t14-,16-,17-,19-/m1/s1. The zero-order valence-corrected chi connectivity index (χ0v) is 17.1. The zero-order valence-electron chi connectivity index (χ0n) is 16.2. The van der Waals surface area contributed by atoms with Gasteiger partial charge in [-0.15, -0.1) is 0 Å². The van der Waals surface area contributed by atoms with E-state index in [4.69, 9.17) is 16.2 Å². The number of para-hydroxylation sites is 1. The number of nitrogens with one attached hydrogen (secondary N) is 1. The number of sulfonamides is 1. The predicted molar refractivity (Wildman–Crippen MR) is 115 cm³/mol. The Labute approximate surface area is 178 Å². The number of imidazole rings is 1. The number of hydrogen-bond donors (Lipinski definition) is 5. The van der Waals surface area contributed by atoms with Gasteiger partial charge in [-0.05, 0) is 23.8 Å². The molecule has 0 unspecified atom stereocenters. The predicted octanol–water partition coefficient (Wildman–Crippen LogP) is -0.195. The maximum absolute atomic E-state index is 12.3. The van der Waals surface area contributed by atoms with Gasteiger partial charge < -0.3 is 26.4 Å². The molecule has 0 saturated carbocycles. The molecule has 11 nitrogen and oxygen atoms in total. The van der Waals surface area contributed by atoms with E-state index in [1.165, 1.54) is 23.2 Å². The monoisotopic (exact) mass is 446 g/mol. The van der Waals surface area contributed by atoms with Crippen LogP contribution in [0.5, 0.6) is 0 Å². The number of aromatic nitrogens is 3. The third-order valence-corrected chi connectivity index (χ3v) is 6.08. The number of rotatable bonds is 6. The molecule has 2 aromatic heterocycles. The van der Waals surface area contributed by atoms with Crippen molar-refractivity contribution >= 4 is 38.6 Å². The zero-order chi connectivity index (χ0) is 22.2. The van der Waals surface area contributed by atoms with Crippen LogP contribution in [0.4, 0.5) is 11.4 Å². The highest BCUT2D eigenvalue weighted by atomic mass is 32.2. The van der Waals surface area contributed by atoms with Crippen molar-refractivity contribution in [2.75, 3.05) is 18.0 Å².